The van der Waals surface area contributed by atoms with Crippen molar-refractivity contribution in [1.29, 1.82) is 0 Å². The van der Waals surface area contributed by atoms with Crippen molar-refractivity contribution in [3.05, 3.63) is 35.9 Å². The van der Waals surface area contributed by atoms with Crippen LogP contribution in [-0.4, -0.2) is 49.9 Å². The van der Waals surface area contributed by atoms with E-state index < -0.39 is 15.7 Å². The lowest BCUT2D eigenvalue weighted by Crippen LogP contribution is -2.45. The summed E-state index contributed by atoms with van der Waals surface area (Å²) in [5.41, 5.74) is 1.04. The maximum absolute atomic E-state index is 14.6. The van der Waals surface area contributed by atoms with E-state index in [4.69, 9.17) is 4.74 Å². The highest BCUT2D eigenvalue weighted by Crippen LogP contribution is 2.43. The lowest BCUT2D eigenvalue weighted by molar-refractivity contribution is 0.0666. The van der Waals surface area contributed by atoms with Crippen LogP contribution >= 0.6 is 0 Å². The van der Waals surface area contributed by atoms with Gasteiger partial charge in [-0.2, -0.15) is 0 Å². The molecule has 2 aliphatic rings. The van der Waals surface area contributed by atoms with Crippen LogP contribution in [0, 0.1) is 24.6 Å². The van der Waals surface area contributed by atoms with Crippen molar-refractivity contribution in [2.24, 2.45) is 11.8 Å². The van der Waals surface area contributed by atoms with E-state index in [1.54, 1.807) is 0 Å². The van der Waals surface area contributed by atoms with E-state index in [9.17, 15) is 12.8 Å². The summed E-state index contributed by atoms with van der Waals surface area (Å²) in [4.78, 5) is 11.3. The van der Waals surface area contributed by atoms with Crippen molar-refractivity contribution < 1.29 is 17.5 Å². The highest BCUT2D eigenvalue weighted by molar-refractivity contribution is 7.90. The van der Waals surface area contributed by atoms with Gasteiger partial charge in [0, 0.05) is 37.1 Å². The fraction of sp³-hybridized carbons (Fsp3) is 0.583. The predicted octanol–water partition coefficient (Wildman–Crippen LogP) is 4.49. The number of aromatic nitrogens is 2. The normalized spacial score (nSPS) is 22.7. The number of piperidine rings is 1. The van der Waals surface area contributed by atoms with E-state index in [0.29, 0.717) is 29.7 Å². The van der Waals surface area contributed by atoms with Crippen molar-refractivity contribution in [2.45, 2.75) is 63.4 Å². The van der Waals surface area contributed by atoms with E-state index in [2.05, 4.69) is 34.0 Å². The highest BCUT2D eigenvalue weighted by Gasteiger charge is 2.42. The van der Waals surface area contributed by atoms with Gasteiger partial charge in [0.1, 0.15) is 23.8 Å². The minimum atomic E-state index is -3.47. The molecule has 0 saturated carbocycles. The number of fused-ring (bicyclic) bond motifs is 2. The van der Waals surface area contributed by atoms with Gasteiger partial charge in [-0.1, -0.05) is 13.8 Å². The minimum Gasteiger partial charge on any atom is -0.381 e. The molecule has 1 aromatic carbocycles. The van der Waals surface area contributed by atoms with Crippen molar-refractivity contribution in [2.75, 3.05) is 29.7 Å². The monoisotopic (exact) mass is 476 g/mol. The zero-order chi connectivity index (χ0) is 23.8. The molecule has 180 valence electrons. The largest absolute Gasteiger partial charge is 0.381 e. The van der Waals surface area contributed by atoms with Gasteiger partial charge in [0.15, 0.2) is 9.84 Å². The molecule has 2 atom stereocenters. The second kappa shape index (κ2) is 9.54. The maximum Gasteiger partial charge on any atom is 0.175 e. The molecule has 1 aromatic heterocycles. The molecular weight excluding hydrogens is 443 g/mol. The Balaban J connectivity index is 1.50. The molecule has 9 heteroatoms. The van der Waals surface area contributed by atoms with Gasteiger partial charge in [-0.05, 0) is 62.6 Å². The molecule has 0 aliphatic carbocycles. The minimum absolute atomic E-state index is 0.0533. The summed E-state index contributed by atoms with van der Waals surface area (Å²) in [7, 11) is -3.47. The zero-order valence-electron chi connectivity index (χ0n) is 19.7. The van der Waals surface area contributed by atoms with Gasteiger partial charge in [0.25, 0.3) is 0 Å². The van der Waals surface area contributed by atoms with Gasteiger partial charge >= 0.3 is 0 Å². The summed E-state index contributed by atoms with van der Waals surface area (Å²) in [5.74, 6) is 1.88. The van der Waals surface area contributed by atoms with Crippen molar-refractivity contribution >= 4 is 27.2 Å². The molecule has 0 spiro atoms. The number of hydrogen-bond acceptors (Lipinski definition) is 7. The molecule has 3 heterocycles. The molecular formula is C24H33FN4O3S. The molecule has 33 heavy (non-hydrogen) atoms. The first kappa shape index (κ1) is 23.9. The standard InChI is InChI=1S/C24H33FN4O3S/c1-15(2)12-32-13-17-9-18-5-6-19(10-17)29(18)24-16(3)23(26-14-27-24)28-22-8-7-20(11-21(22)25)33(4,30)31/h7-8,11,14-15,17-19H,5-6,9-10,12-13H2,1-4H3,(H,26,27,28). The number of halogens is 1. The van der Waals surface area contributed by atoms with Gasteiger partial charge < -0.3 is 15.0 Å². The topological polar surface area (TPSA) is 84.4 Å². The molecule has 2 aliphatic heterocycles. The van der Waals surface area contributed by atoms with Crippen LogP contribution in [0.2, 0.25) is 0 Å². The van der Waals surface area contributed by atoms with Crippen LogP contribution in [0.3, 0.4) is 0 Å². The van der Waals surface area contributed by atoms with Crippen LogP contribution in [-0.2, 0) is 14.6 Å². The zero-order valence-corrected chi connectivity index (χ0v) is 20.5. The number of benzene rings is 1. The molecule has 2 unspecified atom stereocenters. The molecule has 0 amide bonds. The van der Waals surface area contributed by atoms with Gasteiger partial charge in [0.05, 0.1) is 10.6 Å². The summed E-state index contributed by atoms with van der Waals surface area (Å²) in [6, 6.07) is 4.69. The number of nitrogens with zero attached hydrogens (tertiary/aromatic N) is 3. The SMILES string of the molecule is Cc1c(Nc2ccc(S(C)(=O)=O)cc2F)ncnc1N1C2CCC1CC(COCC(C)C)C2. The first-order valence-corrected chi connectivity index (χ1v) is 13.5. The predicted molar refractivity (Wildman–Crippen MR) is 127 cm³/mol. The average molecular weight is 477 g/mol. The quantitative estimate of drug-likeness (QED) is 0.601. The Labute approximate surface area is 195 Å². The van der Waals surface area contributed by atoms with Crippen LogP contribution in [0.5, 0.6) is 0 Å². The molecule has 2 bridgehead atoms. The maximum atomic E-state index is 14.6. The lowest BCUT2D eigenvalue weighted by Gasteiger charge is -2.40. The second-order valence-corrected chi connectivity index (χ2v) is 11.8. The summed E-state index contributed by atoms with van der Waals surface area (Å²) in [5, 5.41) is 3.03. The molecule has 0 radical (unpaired) electrons. The molecule has 2 aromatic rings. The van der Waals surface area contributed by atoms with E-state index in [-0.39, 0.29) is 10.6 Å². The van der Waals surface area contributed by atoms with Gasteiger partial charge in [-0.3, -0.25) is 0 Å². The summed E-state index contributed by atoms with van der Waals surface area (Å²) in [6.07, 6.45) is 7.01. The van der Waals surface area contributed by atoms with E-state index in [0.717, 1.165) is 62.6 Å². The number of rotatable bonds is 8. The Morgan fingerprint density at radius 3 is 2.52 bits per heavy atom. The third-order valence-corrected chi connectivity index (χ3v) is 7.67. The average Bonchev–Trinajstić information content (AvgIpc) is 2.99. The number of hydrogen-bond donors (Lipinski definition) is 1. The molecule has 2 fully saturated rings. The molecule has 4 rings (SSSR count). The molecule has 1 N–H and O–H groups in total. The molecule has 7 nitrogen and oxygen atoms in total. The van der Waals surface area contributed by atoms with E-state index in [1.807, 2.05) is 6.92 Å². The Morgan fingerprint density at radius 1 is 1.21 bits per heavy atom. The van der Waals surface area contributed by atoms with Crippen molar-refractivity contribution in [1.82, 2.24) is 9.97 Å². The first-order chi connectivity index (χ1) is 15.6. The highest BCUT2D eigenvalue weighted by atomic mass is 32.2. The molecule has 2 saturated heterocycles. The van der Waals surface area contributed by atoms with Crippen LogP contribution in [0.15, 0.2) is 29.4 Å². The van der Waals surface area contributed by atoms with Crippen LogP contribution in [0.25, 0.3) is 0 Å². The van der Waals surface area contributed by atoms with Gasteiger partial charge in [-0.15, -0.1) is 0 Å². The van der Waals surface area contributed by atoms with Crippen LogP contribution < -0.4 is 10.2 Å². The smallest absolute Gasteiger partial charge is 0.175 e. The lowest BCUT2D eigenvalue weighted by atomic mass is 9.91. The van der Waals surface area contributed by atoms with Gasteiger partial charge in [-0.25, -0.2) is 22.8 Å². The number of ether oxygens (including phenoxy) is 1. The Bertz CT molecular complexity index is 1090. The van der Waals surface area contributed by atoms with Crippen molar-refractivity contribution in [3.8, 4) is 0 Å². The van der Waals surface area contributed by atoms with Crippen LogP contribution in [0.1, 0.15) is 45.1 Å². The Hall–Kier alpha value is -2.26. The number of nitrogens with one attached hydrogen (secondary N) is 1. The van der Waals surface area contributed by atoms with E-state index >= 15 is 0 Å². The Morgan fingerprint density at radius 2 is 1.91 bits per heavy atom. The van der Waals surface area contributed by atoms with Crippen molar-refractivity contribution in [3.63, 3.8) is 0 Å². The van der Waals surface area contributed by atoms with E-state index in [1.165, 1.54) is 18.5 Å². The van der Waals surface area contributed by atoms with Gasteiger partial charge in [0.2, 0.25) is 0 Å². The summed E-state index contributed by atoms with van der Waals surface area (Å²) < 4.78 is 43.9. The summed E-state index contributed by atoms with van der Waals surface area (Å²) in [6.45, 7) is 7.90. The Kier molecular flexibility index (Phi) is 6.91. The van der Waals surface area contributed by atoms with Crippen LogP contribution in [0.4, 0.5) is 21.7 Å². The number of anilines is 3. The second-order valence-electron chi connectivity index (χ2n) is 9.77. The number of sulfone groups is 1. The fourth-order valence-corrected chi connectivity index (χ4v) is 5.66. The first-order valence-electron chi connectivity index (χ1n) is 11.6. The summed E-state index contributed by atoms with van der Waals surface area (Å²) >= 11 is 0. The fourth-order valence-electron chi connectivity index (χ4n) is 5.02. The third-order valence-electron chi connectivity index (χ3n) is 6.56. The third kappa shape index (κ3) is 5.30.